The van der Waals surface area contributed by atoms with E-state index in [1.807, 2.05) is 6.92 Å². The maximum atomic E-state index is 13.1. The molecule has 0 spiro atoms. The van der Waals surface area contributed by atoms with Gasteiger partial charge in [-0.2, -0.15) is 0 Å². The zero-order chi connectivity index (χ0) is 12.4. The summed E-state index contributed by atoms with van der Waals surface area (Å²) in [5, 5.41) is 22.6. The van der Waals surface area contributed by atoms with E-state index in [0.29, 0.717) is 5.56 Å². The molecule has 3 N–H and O–H groups in total. The fourth-order valence-corrected chi connectivity index (χ4v) is 2.42. The summed E-state index contributed by atoms with van der Waals surface area (Å²) < 4.78 is 13.1. The molecular formula is C13H18FNO2. The second-order valence-electron chi connectivity index (χ2n) is 4.70. The van der Waals surface area contributed by atoms with Gasteiger partial charge in [0.2, 0.25) is 0 Å². The largest absolute Gasteiger partial charge is 0.508 e. The molecule has 2 rings (SSSR count). The van der Waals surface area contributed by atoms with Gasteiger partial charge < -0.3 is 15.5 Å². The van der Waals surface area contributed by atoms with Crippen molar-refractivity contribution in [1.29, 1.82) is 0 Å². The van der Waals surface area contributed by atoms with Crippen LogP contribution in [-0.4, -0.2) is 22.4 Å². The van der Waals surface area contributed by atoms with Gasteiger partial charge in [-0.25, -0.2) is 4.39 Å². The van der Waals surface area contributed by atoms with Crippen molar-refractivity contribution in [1.82, 2.24) is 5.32 Å². The molecule has 0 bridgehead atoms. The normalized spacial score (nSPS) is 26.1. The van der Waals surface area contributed by atoms with Crippen LogP contribution >= 0.6 is 0 Å². The average Bonchev–Trinajstić information content (AvgIpc) is 2.68. The molecule has 4 heteroatoms. The molecule has 0 aliphatic heterocycles. The highest BCUT2D eigenvalue weighted by Gasteiger charge is 2.27. The third kappa shape index (κ3) is 2.76. The maximum absolute atomic E-state index is 13.1. The van der Waals surface area contributed by atoms with Crippen molar-refractivity contribution in [3.8, 4) is 5.75 Å². The van der Waals surface area contributed by atoms with Gasteiger partial charge in [-0.1, -0.05) is 0 Å². The second-order valence-corrected chi connectivity index (χ2v) is 4.70. The zero-order valence-electron chi connectivity index (χ0n) is 9.86. The van der Waals surface area contributed by atoms with Gasteiger partial charge in [0, 0.05) is 17.6 Å². The monoisotopic (exact) mass is 239 g/mol. The Balaban J connectivity index is 2.08. The molecule has 94 valence electrons. The number of hydrogen-bond acceptors (Lipinski definition) is 3. The van der Waals surface area contributed by atoms with E-state index in [9.17, 15) is 14.6 Å². The molecular weight excluding hydrogens is 221 g/mol. The summed E-state index contributed by atoms with van der Waals surface area (Å²) in [6.07, 6.45) is 2.38. The van der Waals surface area contributed by atoms with Gasteiger partial charge in [0.15, 0.2) is 0 Å². The van der Waals surface area contributed by atoms with E-state index in [-0.39, 0.29) is 29.8 Å². The van der Waals surface area contributed by atoms with E-state index in [1.54, 1.807) is 0 Å². The van der Waals surface area contributed by atoms with Crippen molar-refractivity contribution in [2.24, 2.45) is 0 Å². The molecule has 0 aromatic heterocycles. The molecule has 0 saturated heterocycles. The fraction of sp³-hybridized carbons (Fsp3) is 0.538. The van der Waals surface area contributed by atoms with Gasteiger partial charge in [-0.15, -0.1) is 0 Å². The summed E-state index contributed by atoms with van der Waals surface area (Å²) in [5.41, 5.74) is 0.532. The van der Waals surface area contributed by atoms with E-state index < -0.39 is 0 Å². The van der Waals surface area contributed by atoms with Crippen molar-refractivity contribution in [2.75, 3.05) is 0 Å². The number of nitrogens with one attached hydrogen (secondary N) is 1. The molecule has 1 fully saturated rings. The Morgan fingerprint density at radius 1 is 1.41 bits per heavy atom. The number of aromatic hydroxyl groups is 1. The third-order valence-corrected chi connectivity index (χ3v) is 3.40. The number of aliphatic hydroxyl groups excluding tert-OH is 1. The molecule has 0 amide bonds. The van der Waals surface area contributed by atoms with Gasteiger partial charge in [0.1, 0.15) is 11.6 Å². The Hall–Kier alpha value is -1.13. The molecule has 3 atom stereocenters. The molecule has 1 unspecified atom stereocenters. The van der Waals surface area contributed by atoms with Crippen LogP contribution in [0.25, 0.3) is 0 Å². The molecule has 3 nitrogen and oxygen atoms in total. The third-order valence-electron chi connectivity index (χ3n) is 3.40. The first kappa shape index (κ1) is 12.3. The summed E-state index contributed by atoms with van der Waals surface area (Å²) in [7, 11) is 0. The molecule has 1 aromatic rings. The van der Waals surface area contributed by atoms with E-state index in [2.05, 4.69) is 5.32 Å². The lowest BCUT2D eigenvalue weighted by Gasteiger charge is -2.23. The minimum absolute atomic E-state index is 0.0349. The molecule has 1 saturated carbocycles. The van der Waals surface area contributed by atoms with Gasteiger partial charge in [0.05, 0.1) is 6.10 Å². The molecule has 0 radical (unpaired) electrons. The fourth-order valence-electron chi connectivity index (χ4n) is 2.42. The quantitative estimate of drug-likeness (QED) is 0.757. The summed E-state index contributed by atoms with van der Waals surface area (Å²) >= 11 is 0. The first-order valence-corrected chi connectivity index (χ1v) is 6.00. The molecule has 17 heavy (non-hydrogen) atoms. The van der Waals surface area contributed by atoms with Gasteiger partial charge in [-0.05, 0) is 44.4 Å². The lowest BCUT2D eigenvalue weighted by atomic mass is 10.1. The first-order valence-electron chi connectivity index (χ1n) is 6.00. The predicted octanol–water partition coefficient (Wildman–Crippen LogP) is 2.10. The highest BCUT2D eigenvalue weighted by molar-refractivity contribution is 5.35. The Bertz CT molecular complexity index is 397. The van der Waals surface area contributed by atoms with Crippen molar-refractivity contribution >= 4 is 0 Å². The Labute approximate surface area is 100 Å². The van der Waals surface area contributed by atoms with Gasteiger partial charge in [-0.3, -0.25) is 0 Å². The van der Waals surface area contributed by atoms with Crippen LogP contribution in [0.2, 0.25) is 0 Å². The first-order chi connectivity index (χ1) is 8.08. The van der Waals surface area contributed by atoms with E-state index >= 15 is 0 Å². The Morgan fingerprint density at radius 3 is 2.82 bits per heavy atom. The van der Waals surface area contributed by atoms with E-state index in [0.717, 1.165) is 19.3 Å². The standard InChI is InChI=1S/C13H18FNO2/c1-8(15-11-3-2-4-13(11)17)10-7-9(14)5-6-12(10)16/h5-8,11,13,15-17H,2-4H2,1H3/t8?,11-,13-/m1/s1. The minimum atomic E-state index is -0.363. The molecule has 1 aliphatic rings. The van der Waals surface area contributed by atoms with Crippen molar-refractivity contribution in [3.05, 3.63) is 29.6 Å². The van der Waals surface area contributed by atoms with Gasteiger partial charge >= 0.3 is 0 Å². The Morgan fingerprint density at radius 2 is 2.18 bits per heavy atom. The summed E-state index contributed by atoms with van der Waals surface area (Å²) in [6.45, 7) is 1.86. The smallest absolute Gasteiger partial charge is 0.123 e. The Kier molecular flexibility index (Phi) is 3.64. The average molecular weight is 239 g/mol. The lowest BCUT2D eigenvalue weighted by Crippen LogP contribution is -2.37. The van der Waals surface area contributed by atoms with Crippen LogP contribution in [0.5, 0.6) is 5.75 Å². The van der Waals surface area contributed by atoms with Crippen molar-refractivity contribution in [2.45, 2.75) is 44.4 Å². The van der Waals surface area contributed by atoms with Crippen LogP contribution in [0.15, 0.2) is 18.2 Å². The number of phenolic OH excluding ortho intramolecular Hbond substituents is 1. The second kappa shape index (κ2) is 5.02. The number of hydrogen-bond donors (Lipinski definition) is 3. The summed E-state index contributed by atoms with van der Waals surface area (Å²) in [4.78, 5) is 0. The number of rotatable bonds is 3. The zero-order valence-corrected chi connectivity index (χ0v) is 9.86. The van der Waals surface area contributed by atoms with Crippen LogP contribution in [0.1, 0.15) is 37.8 Å². The van der Waals surface area contributed by atoms with Crippen LogP contribution in [-0.2, 0) is 0 Å². The molecule has 0 heterocycles. The minimum Gasteiger partial charge on any atom is -0.508 e. The number of benzene rings is 1. The highest BCUT2D eigenvalue weighted by atomic mass is 19.1. The van der Waals surface area contributed by atoms with E-state index in [1.165, 1.54) is 18.2 Å². The van der Waals surface area contributed by atoms with Crippen molar-refractivity contribution in [3.63, 3.8) is 0 Å². The van der Waals surface area contributed by atoms with Crippen LogP contribution in [0.4, 0.5) is 4.39 Å². The van der Waals surface area contributed by atoms with Crippen LogP contribution in [0.3, 0.4) is 0 Å². The number of halogens is 1. The summed E-state index contributed by atoms with van der Waals surface area (Å²) in [5.74, 6) is -0.280. The SMILES string of the molecule is CC(N[C@@H]1CCC[C@H]1O)c1cc(F)ccc1O. The number of phenols is 1. The lowest BCUT2D eigenvalue weighted by molar-refractivity contribution is 0.144. The van der Waals surface area contributed by atoms with Crippen LogP contribution in [0, 0.1) is 5.82 Å². The predicted molar refractivity (Wildman–Crippen MR) is 63.3 cm³/mol. The van der Waals surface area contributed by atoms with Crippen molar-refractivity contribution < 1.29 is 14.6 Å². The maximum Gasteiger partial charge on any atom is 0.123 e. The molecule has 1 aliphatic carbocycles. The topological polar surface area (TPSA) is 52.5 Å². The van der Waals surface area contributed by atoms with E-state index in [4.69, 9.17) is 0 Å². The highest BCUT2D eigenvalue weighted by Crippen LogP contribution is 2.27. The van der Waals surface area contributed by atoms with Gasteiger partial charge in [0.25, 0.3) is 0 Å². The van der Waals surface area contributed by atoms with Crippen LogP contribution < -0.4 is 5.32 Å². The number of aliphatic hydroxyl groups is 1. The molecule has 1 aromatic carbocycles. The summed E-state index contributed by atoms with van der Waals surface area (Å²) in [6, 6.07) is 3.77.